The van der Waals surface area contributed by atoms with Crippen LogP contribution in [0.4, 0.5) is 0 Å². The highest BCUT2D eigenvalue weighted by Crippen LogP contribution is 2.13. The van der Waals surface area contributed by atoms with Crippen molar-refractivity contribution in [2.45, 2.75) is 58.9 Å². The Balaban J connectivity index is 2.40. The lowest BCUT2D eigenvalue weighted by molar-refractivity contribution is 0.0940. The number of nitrogens with zero attached hydrogens (tertiary/aromatic N) is 1. The highest BCUT2D eigenvalue weighted by Gasteiger charge is 2.21. The van der Waals surface area contributed by atoms with Crippen molar-refractivity contribution in [3.05, 3.63) is 17.5 Å². The van der Waals surface area contributed by atoms with Gasteiger partial charge in [-0.05, 0) is 32.7 Å². The second-order valence-corrected chi connectivity index (χ2v) is 5.38. The van der Waals surface area contributed by atoms with Crippen LogP contribution in [-0.2, 0) is 6.42 Å². The van der Waals surface area contributed by atoms with Gasteiger partial charge in [0.25, 0.3) is 5.91 Å². The van der Waals surface area contributed by atoms with Crippen molar-refractivity contribution in [2.75, 3.05) is 13.1 Å². The van der Waals surface area contributed by atoms with Gasteiger partial charge in [0.05, 0.1) is 0 Å². The zero-order valence-corrected chi connectivity index (χ0v) is 13.1. The van der Waals surface area contributed by atoms with Crippen LogP contribution in [0.1, 0.15) is 63.2 Å². The molecule has 1 rings (SSSR count). The molecule has 0 aliphatic heterocycles. The highest BCUT2D eigenvalue weighted by atomic mass is 16.5. The molecule has 0 saturated heterocycles. The van der Waals surface area contributed by atoms with Crippen molar-refractivity contribution in [1.82, 2.24) is 15.8 Å². The van der Waals surface area contributed by atoms with Crippen molar-refractivity contribution in [2.24, 2.45) is 0 Å². The van der Waals surface area contributed by atoms with Crippen LogP contribution in [0.3, 0.4) is 0 Å². The quantitative estimate of drug-likeness (QED) is 0.730. The molecule has 0 bridgehead atoms. The van der Waals surface area contributed by atoms with Crippen LogP contribution < -0.4 is 10.6 Å². The molecule has 1 unspecified atom stereocenters. The zero-order valence-electron chi connectivity index (χ0n) is 13.1. The first-order valence-corrected chi connectivity index (χ1v) is 7.53. The average molecular weight is 281 g/mol. The SMILES string of the molecule is CCCNC(C)(CC)CCNC(=O)c1cc(CC)on1. The predicted molar refractivity (Wildman–Crippen MR) is 79.8 cm³/mol. The maximum Gasteiger partial charge on any atom is 0.273 e. The Morgan fingerprint density at radius 1 is 1.35 bits per heavy atom. The van der Waals surface area contributed by atoms with Gasteiger partial charge in [-0.3, -0.25) is 4.79 Å². The van der Waals surface area contributed by atoms with Crippen LogP contribution in [0.15, 0.2) is 10.6 Å². The van der Waals surface area contributed by atoms with Crippen LogP contribution in [-0.4, -0.2) is 29.7 Å². The fourth-order valence-electron chi connectivity index (χ4n) is 1.95. The number of hydrogen-bond acceptors (Lipinski definition) is 4. The monoisotopic (exact) mass is 281 g/mol. The van der Waals surface area contributed by atoms with Crippen molar-refractivity contribution in [3.8, 4) is 0 Å². The molecule has 5 nitrogen and oxygen atoms in total. The van der Waals surface area contributed by atoms with E-state index in [1.165, 1.54) is 0 Å². The predicted octanol–water partition coefficient (Wildman–Crippen LogP) is 2.53. The molecule has 1 amide bonds. The lowest BCUT2D eigenvalue weighted by atomic mass is 9.94. The van der Waals surface area contributed by atoms with E-state index in [9.17, 15) is 4.79 Å². The zero-order chi connectivity index (χ0) is 15.0. The van der Waals surface area contributed by atoms with Gasteiger partial charge >= 0.3 is 0 Å². The van der Waals surface area contributed by atoms with E-state index in [1.54, 1.807) is 6.07 Å². The number of carbonyl (C=O) groups excluding carboxylic acids is 1. The molecule has 0 saturated carbocycles. The van der Waals surface area contributed by atoms with Gasteiger partial charge in [-0.15, -0.1) is 0 Å². The Morgan fingerprint density at radius 2 is 2.10 bits per heavy atom. The van der Waals surface area contributed by atoms with Crippen molar-refractivity contribution in [1.29, 1.82) is 0 Å². The minimum Gasteiger partial charge on any atom is -0.361 e. The molecule has 114 valence electrons. The fraction of sp³-hybridized carbons (Fsp3) is 0.733. The van der Waals surface area contributed by atoms with Crippen LogP contribution in [0.5, 0.6) is 0 Å². The molecule has 20 heavy (non-hydrogen) atoms. The fourth-order valence-corrected chi connectivity index (χ4v) is 1.95. The molecule has 0 radical (unpaired) electrons. The Kier molecular flexibility index (Phi) is 6.71. The second-order valence-electron chi connectivity index (χ2n) is 5.38. The summed E-state index contributed by atoms with van der Waals surface area (Å²) in [5.41, 5.74) is 0.434. The van der Waals surface area contributed by atoms with Crippen LogP contribution >= 0.6 is 0 Å². The maximum absolute atomic E-state index is 11.9. The number of aryl methyl sites for hydroxylation is 1. The summed E-state index contributed by atoms with van der Waals surface area (Å²) in [6.07, 6.45) is 3.79. The molecular weight excluding hydrogens is 254 g/mol. The van der Waals surface area contributed by atoms with Crippen LogP contribution in [0.25, 0.3) is 0 Å². The summed E-state index contributed by atoms with van der Waals surface area (Å²) in [6.45, 7) is 10.1. The van der Waals surface area contributed by atoms with Crippen LogP contribution in [0.2, 0.25) is 0 Å². The molecule has 0 aliphatic carbocycles. The third-order valence-electron chi connectivity index (χ3n) is 3.68. The number of amides is 1. The lowest BCUT2D eigenvalue weighted by Crippen LogP contribution is -2.44. The van der Waals surface area contributed by atoms with E-state index in [-0.39, 0.29) is 11.4 Å². The molecule has 0 aliphatic rings. The smallest absolute Gasteiger partial charge is 0.273 e. The van der Waals surface area contributed by atoms with E-state index in [4.69, 9.17) is 4.52 Å². The first-order valence-electron chi connectivity index (χ1n) is 7.53. The summed E-state index contributed by atoms with van der Waals surface area (Å²) in [6, 6.07) is 1.70. The minimum atomic E-state index is -0.164. The number of rotatable bonds is 9. The Morgan fingerprint density at radius 3 is 2.65 bits per heavy atom. The lowest BCUT2D eigenvalue weighted by Gasteiger charge is -2.29. The van der Waals surface area contributed by atoms with Gasteiger partial charge in [0.15, 0.2) is 5.69 Å². The molecule has 1 atom stereocenters. The molecule has 5 heteroatoms. The van der Waals surface area contributed by atoms with Gasteiger partial charge in [0.1, 0.15) is 5.76 Å². The molecule has 1 heterocycles. The van der Waals surface area contributed by atoms with E-state index >= 15 is 0 Å². The largest absolute Gasteiger partial charge is 0.361 e. The molecule has 1 aromatic rings. The third kappa shape index (κ3) is 4.96. The maximum atomic E-state index is 11.9. The molecule has 0 fully saturated rings. The highest BCUT2D eigenvalue weighted by molar-refractivity contribution is 5.92. The van der Waals surface area contributed by atoms with E-state index in [0.29, 0.717) is 12.2 Å². The van der Waals surface area contributed by atoms with Gasteiger partial charge in [-0.2, -0.15) is 0 Å². The number of aromatic nitrogens is 1. The Labute approximate surface area is 121 Å². The first-order chi connectivity index (χ1) is 9.54. The minimum absolute atomic E-state index is 0.0711. The van der Waals surface area contributed by atoms with Crippen molar-refractivity contribution < 1.29 is 9.32 Å². The van der Waals surface area contributed by atoms with E-state index in [1.807, 2.05) is 6.92 Å². The van der Waals surface area contributed by atoms with Crippen molar-refractivity contribution in [3.63, 3.8) is 0 Å². The summed E-state index contributed by atoms with van der Waals surface area (Å²) in [5, 5.41) is 10.2. The summed E-state index contributed by atoms with van der Waals surface area (Å²) in [4.78, 5) is 11.9. The Hall–Kier alpha value is -1.36. The average Bonchev–Trinajstić information content (AvgIpc) is 2.94. The third-order valence-corrected chi connectivity index (χ3v) is 3.68. The van der Waals surface area contributed by atoms with E-state index < -0.39 is 0 Å². The molecular formula is C15H27N3O2. The van der Waals surface area contributed by atoms with Crippen LogP contribution in [0, 0.1) is 0 Å². The molecule has 0 aromatic carbocycles. The molecule has 2 N–H and O–H groups in total. The number of nitrogens with one attached hydrogen (secondary N) is 2. The van der Waals surface area contributed by atoms with Gasteiger partial charge in [0, 0.05) is 24.6 Å². The van der Waals surface area contributed by atoms with Gasteiger partial charge in [0.2, 0.25) is 0 Å². The standard InChI is InChI=1S/C15H27N3O2/c1-5-9-17-15(4,7-3)8-10-16-14(19)13-11-12(6-2)20-18-13/h11,17H,5-10H2,1-4H3,(H,16,19). The molecule has 1 aromatic heterocycles. The first kappa shape index (κ1) is 16.7. The molecule has 0 spiro atoms. The number of carbonyl (C=O) groups is 1. The van der Waals surface area contributed by atoms with Gasteiger partial charge < -0.3 is 15.2 Å². The summed E-state index contributed by atoms with van der Waals surface area (Å²) >= 11 is 0. The van der Waals surface area contributed by atoms with Gasteiger partial charge in [-0.25, -0.2) is 0 Å². The van der Waals surface area contributed by atoms with Gasteiger partial charge in [-0.1, -0.05) is 25.9 Å². The summed E-state index contributed by atoms with van der Waals surface area (Å²) < 4.78 is 5.03. The van der Waals surface area contributed by atoms with Crippen molar-refractivity contribution >= 4 is 5.91 Å². The summed E-state index contributed by atoms with van der Waals surface area (Å²) in [7, 11) is 0. The normalized spacial score (nSPS) is 14.0. The van der Waals surface area contributed by atoms with E-state index in [2.05, 4.69) is 36.6 Å². The summed E-state index contributed by atoms with van der Waals surface area (Å²) in [5.74, 6) is 0.570. The van der Waals surface area contributed by atoms with E-state index in [0.717, 1.165) is 38.0 Å². The topological polar surface area (TPSA) is 67.2 Å². The second kappa shape index (κ2) is 8.04. The Bertz CT molecular complexity index is 417. The number of hydrogen-bond donors (Lipinski definition) is 2.